The van der Waals surface area contributed by atoms with Gasteiger partial charge in [0.2, 0.25) is 0 Å². The molecule has 0 saturated heterocycles. The van der Waals surface area contributed by atoms with E-state index in [1.54, 1.807) is 25.3 Å². The standard InChI is InChI=1S/C22H23N3O2/c1-4-22(2)13-15-8-5-6-11-18(15)20(19(22)14-23)25-21(26)24-16-9-7-10-17(12-16)27-3/h5-12H,4,13H2,1-3H3,(H2,24,25,26). The molecule has 3 rings (SSSR count). The van der Waals surface area contributed by atoms with Crippen molar-refractivity contribution in [2.24, 2.45) is 5.41 Å². The van der Waals surface area contributed by atoms with E-state index in [1.165, 1.54) is 0 Å². The number of methoxy groups -OCH3 is 1. The number of amides is 2. The van der Waals surface area contributed by atoms with Crippen LogP contribution in [0.5, 0.6) is 5.75 Å². The highest BCUT2D eigenvalue weighted by atomic mass is 16.5. The number of rotatable bonds is 4. The van der Waals surface area contributed by atoms with E-state index < -0.39 is 0 Å². The Labute approximate surface area is 159 Å². The van der Waals surface area contributed by atoms with E-state index in [9.17, 15) is 10.1 Å². The van der Waals surface area contributed by atoms with Crippen molar-refractivity contribution >= 4 is 17.4 Å². The maximum Gasteiger partial charge on any atom is 0.323 e. The van der Waals surface area contributed by atoms with Crippen molar-refractivity contribution in [2.75, 3.05) is 12.4 Å². The molecule has 0 spiro atoms. The third-order valence-electron chi connectivity index (χ3n) is 5.18. The Morgan fingerprint density at radius 2 is 2.00 bits per heavy atom. The SMILES string of the molecule is CCC1(C)Cc2ccccc2C(NC(=O)Nc2cccc(OC)c2)=C1C#N. The zero-order valence-electron chi connectivity index (χ0n) is 15.8. The summed E-state index contributed by atoms with van der Waals surface area (Å²) in [5.41, 5.74) is 3.56. The number of carbonyl (C=O) groups excluding carboxylic acids is 1. The molecule has 0 heterocycles. The molecule has 0 radical (unpaired) electrons. The Morgan fingerprint density at radius 1 is 1.22 bits per heavy atom. The molecule has 27 heavy (non-hydrogen) atoms. The van der Waals surface area contributed by atoms with Crippen LogP contribution in [0.3, 0.4) is 0 Å². The lowest BCUT2D eigenvalue weighted by atomic mass is 9.69. The van der Waals surface area contributed by atoms with Crippen LogP contribution in [0.1, 0.15) is 31.4 Å². The third-order valence-corrected chi connectivity index (χ3v) is 5.18. The van der Waals surface area contributed by atoms with Crippen molar-refractivity contribution in [3.8, 4) is 11.8 Å². The van der Waals surface area contributed by atoms with Crippen LogP contribution in [0.2, 0.25) is 0 Å². The number of hydrogen-bond acceptors (Lipinski definition) is 3. The van der Waals surface area contributed by atoms with Crippen molar-refractivity contribution < 1.29 is 9.53 Å². The number of carbonyl (C=O) groups is 1. The second kappa shape index (κ2) is 7.55. The number of hydrogen-bond donors (Lipinski definition) is 2. The number of nitrogens with one attached hydrogen (secondary N) is 2. The van der Waals surface area contributed by atoms with Gasteiger partial charge in [0.1, 0.15) is 5.75 Å². The van der Waals surface area contributed by atoms with Crippen LogP contribution < -0.4 is 15.4 Å². The summed E-state index contributed by atoms with van der Waals surface area (Å²) in [6.45, 7) is 4.14. The summed E-state index contributed by atoms with van der Waals surface area (Å²) in [6, 6.07) is 17.0. The van der Waals surface area contributed by atoms with Crippen molar-refractivity contribution in [1.29, 1.82) is 5.26 Å². The molecule has 2 aromatic rings. The summed E-state index contributed by atoms with van der Waals surface area (Å²) in [5, 5.41) is 15.6. The highest BCUT2D eigenvalue weighted by Gasteiger charge is 2.36. The van der Waals surface area contributed by atoms with E-state index in [4.69, 9.17) is 4.74 Å². The van der Waals surface area contributed by atoms with Crippen LogP contribution in [0.15, 0.2) is 54.1 Å². The minimum absolute atomic E-state index is 0.304. The van der Waals surface area contributed by atoms with Gasteiger partial charge in [-0.05, 0) is 30.5 Å². The molecule has 2 aromatic carbocycles. The molecule has 0 saturated carbocycles. The van der Waals surface area contributed by atoms with Crippen LogP contribution in [-0.4, -0.2) is 13.1 Å². The van der Waals surface area contributed by atoms with Gasteiger partial charge in [0.05, 0.1) is 24.4 Å². The van der Waals surface area contributed by atoms with Gasteiger partial charge in [0.25, 0.3) is 0 Å². The van der Waals surface area contributed by atoms with Crippen molar-refractivity contribution in [2.45, 2.75) is 26.7 Å². The molecule has 2 N–H and O–H groups in total. The van der Waals surface area contributed by atoms with Gasteiger partial charge in [-0.15, -0.1) is 0 Å². The number of allylic oxidation sites excluding steroid dienone is 1. The molecule has 1 aliphatic carbocycles. The van der Waals surface area contributed by atoms with Crippen LogP contribution >= 0.6 is 0 Å². The first-order valence-corrected chi connectivity index (χ1v) is 8.96. The molecular formula is C22H23N3O2. The smallest absolute Gasteiger partial charge is 0.323 e. The summed E-state index contributed by atoms with van der Waals surface area (Å²) >= 11 is 0. The van der Waals surface area contributed by atoms with Crippen LogP contribution in [0.4, 0.5) is 10.5 Å². The topological polar surface area (TPSA) is 74.2 Å². The number of urea groups is 1. The quantitative estimate of drug-likeness (QED) is 0.827. The van der Waals surface area contributed by atoms with Crippen LogP contribution in [0, 0.1) is 16.7 Å². The Bertz CT molecular complexity index is 943. The molecule has 5 heteroatoms. The molecule has 1 unspecified atom stereocenters. The van der Waals surface area contributed by atoms with Gasteiger partial charge in [0, 0.05) is 22.7 Å². The number of nitriles is 1. The van der Waals surface area contributed by atoms with Crippen molar-refractivity contribution in [1.82, 2.24) is 5.32 Å². The zero-order chi connectivity index (χ0) is 19.4. The van der Waals surface area contributed by atoms with E-state index in [1.807, 2.05) is 24.3 Å². The van der Waals surface area contributed by atoms with Gasteiger partial charge in [-0.25, -0.2) is 4.79 Å². The van der Waals surface area contributed by atoms with E-state index in [0.717, 1.165) is 24.0 Å². The lowest BCUT2D eigenvalue weighted by molar-refractivity contribution is 0.255. The lowest BCUT2D eigenvalue weighted by Crippen LogP contribution is -2.35. The Balaban J connectivity index is 1.94. The minimum Gasteiger partial charge on any atom is -0.497 e. The first kappa shape index (κ1) is 18.5. The van der Waals surface area contributed by atoms with Gasteiger partial charge in [-0.1, -0.05) is 44.2 Å². The molecule has 1 atom stereocenters. The first-order chi connectivity index (χ1) is 13.0. The van der Waals surface area contributed by atoms with E-state index in [-0.39, 0.29) is 11.4 Å². The Hall–Kier alpha value is -3.26. The number of ether oxygens (including phenoxy) is 1. The molecule has 0 fully saturated rings. The van der Waals surface area contributed by atoms with Crippen molar-refractivity contribution in [3.63, 3.8) is 0 Å². The Kier molecular flexibility index (Phi) is 5.18. The van der Waals surface area contributed by atoms with Gasteiger partial charge >= 0.3 is 6.03 Å². The van der Waals surface area contributed by atoms with Crippen LogP contribution in [-0.2, 0) is 6.42 Å². The number of nitrogens with zero attached hydrogens (tertiary/aromatic N) is 1. The fourth-order valence-electron chi connectivity index (χ4n) is 3.46. The summed E-state index contributed by atoms with van der Waals surface area (Å²) in [7, 11) is 1.58. The molecule has 0 bridgehead atoms. The summed E-state index contributed by atoms with van der Waals surface area (Å²) in [6.07, 6.45) is 1.60. The molecular weight excluding hydrogens is 338 g/mol. The second-order valence-corrected chi connectivity index (χ2v) is 6.92. The molecule has 0 aromatic heterocycles. The van der Waals surface area contributed by atoms with Gasteiger partial charge in [-0.3, -0.25) is 0 Å². The minimum atomic E-state index is -0.388. The van der Waals surface area contributed by atoms with E-state index >= 15 is 0 Å². The van der Waals surface area contributed by atoms with Crippen LogP contribution in [0.25, 0.3) is 5.70 Å². The first-order valence-electron chi connectivity index (χ1n) is 8.96. The van der Waals surface area contributed by atoms with Gasteiger partial charge in [-0.2, -0.15) is 5.26 Å². The maximum atomic E-state index is 12.6. The number of benzene rings is 2. The molecule has 138 valence electrons. The largest absolute Gasteiger partial charge is 0.497 e. The predicted octanol–water partition coefficient (Wildman–Crippen LogP) is 4.72. The summed E-state index contributed by atoms with van der Waals surface area (Å²) in [4.78, 5) is 12.6. The molecule has 5 nitrogen and oxygen atoms in total. The summed E-state index contributed by atoms with van der Waals surface area (Å²) in [5.74, 6) is 0.659. The van der Waals surface area contributed by atoms with Gasteiger partial charge < -0.3 is 15.4 Å². The summed E-state index contributed by atoms with van der Waals surface area (Å²) < 4.78 is 5.19. The predicted molar refractivity (Wildman–Crippen MR) is 106 cm³/mol. The van der Waals surface area contributed by atoms with Crippen molar-refractivity contribution in [3.05, 3.63) is 65.2 Å². The lowest BCUT2D eigenvalue weighted by Gasteiger charge is -2.35. The number of anilines is 1. The van der Waals surface area contributed by atoms with E-state index in [0.29, 0.717) is 22.7 Å². The number of fused-ring (bicyclic) bond motifs is 1. The van der Waals surface area contributed by atoms with Gasteiger partial charge in [0.15, 0.2) is 0 Å². The highest BCUT2D eigenvalue weighted by molar-refractivity contribution is 5.97. The molecule has 2 amide bonds. The average Bonchev–Trinajstić information content (AvgIpc) is 2.68. The fraction of sp³-hybridized carbons (Fsp3) is 0.273. The molecule has 0 aliphatic heterocycles. The highest BCUT2D eigenvalue weighted by Crippen LogP contribution is 2.43. The Morgan fingerprint density at radius 3 is 2.70 bits per heavy atom. The molecule has 1 aliphatic rings. The third kappa shape index (κ3) is 3.65. The maximum absolute atomic E-state index is 12.6. The normalized spacial score (nSPS) is 18.3. The second-order valence-electron chi connectivity index (χ2n) is 6.92. The van der Waals surface area contributed by atoms with E-state index in [2.05, 4.69) is 36.6 Å². The fourth-order valence-corrected chi connectivity index (χ4v) is 3.46. The monoisotopic (exact) mass is 361 g/mol. The zero-order valence-corrected chi connectivity index (χ0v) is 15.8. The average molecular weight is 361 g/mol.